The van der Waals surface area contributed by atoms with E-state index in [2.05, 4.69) is 14.1 Å². The Morgan fingerprint density at radius 3 is 2.86 bits per heavy atom. The van der Waals surface area contributed by atoms with Crippen LogP contribution in [0, 0.1) is 0 Å². The van der Waals surface area contributed by atoms with Crippen LogP contribution in [0.1, 0.15) is 19.3 Å². The minimum atomic E-state index is -3.51. The number of hydrogen-bond donors (Lipinski definition) is 1. The van der Waals surface area contributed by atoms with Crippen LogP contribution >= 0.6 is 24.1 Å². The summed E-state index contributed by atoms with van der Waals surface area (Å²) in [6.07, 6.45) is 3.09. The fourth-order valence-corrected chi connectivity index (χ4v) is 5.51. The predicted molar refractivity (Wildman–Crippen MR) is 88.0 cm³/mol. The van der Waals surface area contributed by atoms with Crippen LogP contribution in [0.15, 0.2) is 23.1 Å². The van der Waals surface area contributed by atoms with Crippen molar-refractivity contribution in [3.05, 3.63) is 18.2 Å². The normalized spacial score (nSPS) is 25.8. The molecule has 2 aromatic rings. The second kappa shape index (κ2) is 6.01. The number of nitrogens with one attached hydrogen (secondary N) is 1. The summed E-state index contributed by atoms with van der Waals surface area (Å²) in [5.74, 6) is 0. The van der Waals surface area contributed by atoms with Crippen molar-refractivity contribution in [2.75, 3.05) is 13.1 Å². The second-order valence-electron chi connectivity index (χ2n) is 5.68. The number of hydrogen-bond acceptors (Lipinski definition) is 6. The minimum Gasteiger partial charge on any atom is -0.310 e. The quantitative estimate of drug-likeness (QED) is 0.881. The highest BCUT2D eigenvalue weighted by Gasteiger charge is 2.35. The van der Waals surface area contributed by atoms with E-state index in [1.54, 1.807) is 22.5 Å². The van der Waals surface area contributed by atoms with Crippen molar-refractivity contribution in [1.29, 1.82) is 0 Å². The maximum atomic E-state index is 13.0. The molecule has 2 atom stereocenters. The predicted octanol–water partition coefficient (Wildman–Crippen LogP) is 1.63. The lowest BCUT2D eigenvalue weighted by Crippen LogP contribution is -2.39. The van der Waals surface area contributed by atoms with Crippen LogP contribution in [-0.2, 0) is 10.0 Å². The van der Waals surface area contributed by atoms with Crippen molar-refractivity contribution in [1.82, 2.24) is 18.4 Å². The average molecular weight is 361 g/mol. The molecule has 1 aromatic carbocycles. The van der Waals surface area contributed by atoms with Crippen LogP contribution in [0.25, 0.3) is 11.0 Å². The third kappa shape index (κ3) is 2.63. The molecule has 0 saturated carbocycles. The van der Waals surface area contributed by atoms with Crippen LogP contribution in [-0.4, -0.2) is 46.6 Å². The Labute approximate surface area is 139 Å². The topological polar surface area (TPSA) is 75.2 Å². The molecule has 3 heterocycles. The molecule has 2 unspecified atom stereocenters. The van der Waals surface area contributed by atoms with E-state index in [-0.39, 0.29) is 23.3 Å². The van der Waals surface area contributed by atoms with Crippen molar-refractivity contribution < 1.29 is 8.42 Å². The Hall–Kier alpha value is -0.800. The lowest BCUT2D eigenvalue weighted by Gasteiger charge is -2.23. The fraction of sp³-hybridized carbons (Fsp3) is 0.538. The van der Waals surface area contributed by atoms with Crippen molar-refractivity contribution in [3.8, 4) is 0 Å². The number of halogens is 1. The standard InChI is InChI=1S/C13H16N4O2S2.ClH/c18-21(19,12-3-1-2-11-13(12)16-20-15-11)17-7-6-9-4-5-10(8-17)14-9;/h1-3,9-10,14H,4-8H2;1H. The van der Waals surface area contributed by atoms with Crippen molar-refractivity contribution in [2.45, 2.75) is 36.2 Å². The summed E-state index contributed by atoms with van der Waals surface area (Å²) < 4.78 is 35.8. The Kier molecular flexibility index (Phi) is 4.39. The molecule has 2 saturated heterocycles. The summed E-state index contributed by atoms with van der Waals surface area (Å²) in [5.41, 5.74) is 1.14. The van der Waals surface area contributed by atoms with E-state index in [1.165, 1.54) is 0 Å². The van der Waals surface area contributed by atoms with Gasteiger partial charge in [0.15, 0.2) is 0 Å². The molecule has 4 rings (SSSR count). The lowest BCUT2D eigenvalue weighted by molar-refractivity contribution is 0.384. The number of sulfonamides is 1. The molecular weight excluding hydrogens is 344 g/mol. The van der Waals surface area contributed by atoms with Gasteiger partial charge in [0.05, 0.1) is 11.7 Å². The van der Waals surface area contributed by atoms with E-state index >= 15 is 0 Å². The molecule has 6 nitrogen and oxygen atoms in total. The van der Waals surface area contributed by atoms with Gasteiger partial charge in [0.2, 0.25) is 10.0 Å². The number of rotatable bonds is 2. The van der Waals surface area contributed by atoms with E-state index < -0.39 is 10.0 Å². The molecule has 0 spiro atoms. The number of aromatic nitrogens is 2. The maximum Gasteiger partial charge on any atom is 0.245 e. The highest BCUT2D eigenvalue weighted by atomic mass is 35.5. The van der Waals surface area contributed by atoms with Crippen LogP contribution in [0.4, 0.5) is 0 Å². The van der Waals surface area contributed by atoms with Gasteiger partial charge in [0.1, 0.15) is 15.9 Å². The average Bonchev–Trinajstić information content (AvgIpc) is 3.04. The summed E-state index contributed by atoms with van der Waals surface area (Å²) in [6.45, 7) is 1.12. The van der Waals surface area contributed by atoms with Gasteiger partial charge in [-0.1, -0.05) is 6.07 Å². The molecule has 9 heteroatoms. The lowest BCUT2D eigenvalue weighted by atomic mass is 10.1. The minimum absolute atomic E-state index is 0. The van der Waals surface area contributed by atoms with E-state index in [0.29, 0.717) is 30.2 Å². The molecule has 2 fully saturated rings. The summed E-state index contributed by atoms with van der Waals surface area (Å²) in [5, 5.41) is 3.51. The molecule has 0 radical (unpaired) electrons. The summed E-state index contributed by atoms with van der Waals surface area (Å²) in [7, 11) is -3.51. The molecule has 120 valence electrons. The Balaban J connectivity index is 0.00000144. The van der Waals surface area contributed by atoms with Gasteiger partial charge >= 0.3 is 0 Å². The van der Waals surface area contributed by atoms with Gasteiger partial charge < -0.3 is 5.32 Å². The molecule has 0 amide bonds. The summed E-state index contributed by atoms with van der Waals surface area (Å²) in [4.78, 5) is 0.284. The first kappa shape index (κ1) is 16.1. The van der Waals surface area contributed by atoms with Crippen molar-refractivity contribution in [3.63, 3.8) is 0 Å². The fourth-order valence-electron chi connectivity index (χ4n) is 3.26. The Morgan fingerprint density at radius 2 is 2.00 bits per heavy atom. The first-order valence-electron chi connectivity index (χ1n) is 7.12. The van der Waals surface area contributed by atoms with Gasteiger partial charge in [0, 0.05) is 25.2 Å². The highest BCUT2D eigenvalue weighted by molar-refractivity contribution is 7.89. The number of nitrogens with zero attached hydrogens (tertiary/aromatic N) is 3. The van der Waals surface area contributed by atoms with Crippen molar-refractivity contribution in [2.24, 2.45) is 0 Å². The summed E-state index contributed by atoms with van der Waals surface area (Å²) in [6, 6.07) is 5.91. The highest BCUT2D eigenvalue weighted by Crippen LogP contribution is 2.28. The van der Waals surface area contributed by atoms with Crippen LogP contribution in [0.3, 0.4) is 0 Å². The van der Waals surface area contributed by atoms with Crippen molar-refractivity contribution >= 4 is 45.2 Å². The molecule has 0 aliphatic carbocycles. The first-order chi connectivity index (χ1) is 10.1. The molecule has 2 aliphatic rings. The van der Waals surface area contributed by atoms with E-state index in [0.717, 1.165) is 31.0 Å². The monoisotopic (exact) mass is 360 g/mol. The van der Waals surface area contributed by atoms with Gasteiger partial charge in [0.25, 0.3) is 0 Å². The zero-order valence-electron chi connectivity index (χ0n) is 11.8. The van der Waals surface area contributed by atoms with Crippen LogP contribution in [0.5, 0.6) is 0 Å². The SMILES string of the molecule is Cl.O=S(=O)(c1cccc2nsnc12)N1CCC2CCC(C1)N2. The van der Waals surface area contributed by atoms with E-state index in [9.17, 15) is 8.42 Å². The Morgan fingerprint density at radius 1 is 1.18 bits per heavy atom. The summed E-state index contributed by atoms with van der Waals surface area (Å²) >= 11 is 1.05. The van der Waals surface area contributed by atoms with Gasteiger partial charge in [-0.2, -0.15) is 13.1 Å². The zero-order chi connectivity index (χ0) is 14.4. The van der Waals surface area contributed by atoms with Gasteiger partial charge in [-0.05, 0) is 31.4 Å². The Bertz CT molecular complexity index is 779. The number of fused-ring (bicyclic) bond motifs is 3. The molecule has 2 bridgehead atoms. The van der Waals surface area contributed by atoms with E-state index in [4.69, 9.17) is 0 Å². The molecular formula is C13H17ClN4O2S2. The number of benzene rings is 1. The van der Waals surface area contributed by atoms with E-state index in [1.807, 2.05) is 0 Å². The molecule has 22 heavy (non-hydrogen) atoms. The van der Waals surface area contributed by atoms with Gasteiger partial charge in [-0.3, -0.25) is 0 Å². The smallest absolute Gasteiger partial charge is 0.245 e. The largest absolute Gasteiger partial charge is 0.310 e. The van der Waals surface area contributed by atoms with Gasteiger partial charge in [-0.15, -0.1) is 12.4 Å². The second-order valence-corrected chi connectivity index (χ2v) is 8.11. The first-order valence-corrected chi connectivity index (χ1v) is 9.29. The van der Waals surface area contributed by atoms with Crippen LogP contribution < -0.4 is 5.32 Å². The third-order valence-corrected chi connectivity index (χ3v) is 6.79. The molecule has 1 aromatic heterocycles. The third-order valence-electron chi connectivity index (χ3n) is 4.35. The molecule has 1 N–H and O–H groups in total. The molecule has 2 aliphatic heterocycles. The maximum absolute atomic E-state index is 13.0. The van der Waals surface area contributed by atoms with Gasteiger partial charge in [-0.25, -0.2) is 8.42 Å². The zero-order valence-corrected chi connectivity index (χ0v) is 14.3. The van der Waals surface area contributed by atoms with Crippen LogP contribution in [0.2, 0.25) is 0 Å².